The third-order valence-electron chi connectivity index (χ3n) is 2.74. The Hall–Kier alpha value is -1.84. The smallest absolute Gasteiger partial charge is 0.336 e. The van der Waals surface area contributed by atoms with Gasteiger partial charge < -0.3 is 5.11 Å². The van der Waals surface area contributed by atoms with Crippen LogP contribution in [0.3, 0.4) is 0 Å². The molecule has 3 nitrogen and oxygen atoms in total. The Balaban J connectivity index is 2.15. The maximum absolute atomic E-state index is 13.7. The van der Waals surface area contributed by atoms with E-state index in [1.807, 2.05) is 6.07 Å². The molecule has 0 radical (unpaired) electrons. The highest BCUT2D eigenvalue weighted by atomic mass is 79.9. The van der Waals surface area contributed by atoms with E-state index in [0.29, 0.717) is 15.8 Å². The minimum atomic E-state index is -1.02. The average Bonchev–Trinajstić information content (AvgIpc) is 2.47. The number of carboxylic acids is 1. The van der Waals surface area contributed by atoms with Gasteiger partial charge in [-0.3, -0.25) is 0 Å². The highest BCUT2D eigenvalue weighted by Gasteiger charge is 2.10. The molecule has 0 aliphatic carbocycles. The summed E-state index contributed by atoms with van der Waals surface area (Å²) in [6, 6.07) is 11.2. The van der Waals surface area contributed by atoms with E-state index in [0.717, 1.165) is 4.90 Å². The predicted molar refractivity (Wildman–Crippen MR) is 81.8 cm³/mol. The maximum atomic E-state index is 13.7. The molecule has 0 aliphatic rings. The largest absolute Gasteiger partial charge is 0.478 e. The van der Waals surface area contributed by atoms with Gasteiger partial charge in [0, 0.05) is 15.1 Å². The van der Waals surface area contributed by atoms with Crippen LogP contribution in [0.2, 0.25) is 0 Å². The quantitative estimate of drug-likeness (QED) is 0.813. The van der Waals surface area contributed by atoms with E-state index in [4.69, 9.17) is 10.4 Å². The minimum absolute atomic E-state index is 0.167. The number of nitriles is 1. The molecule has 0 heterocycles. The summed E-state index contributed by atoms with van der Waals surface area (Å²) in [6.45, 7) is 0. The van der Waals surface area contributed by atoms with Gasteiger partial charge in [-0.2, -0.15) is 5.26 Å². The van der Waals surface area contributed by atoms with E-state index in [1.165, 1.54) is 17.8 Å². The standard InChI is InChI=1S/C15H9BrFNO2S/c16-13-4-3-11(6-12(13)15(19)20)21-8-10-2-1-9(7-18)5-14(10)17/h1-6H,8H2,(H,19,20). The Kier molecular flexibility index (Phi) is 4.99. The molecule has 2 aromatic carbocycles. The first-order valence-corrected chi connectivity index (χ1v) is 7.63. The van der Waals surface area contributed by atoms with Crippen molar-refractivity contribution in [2.75, 3.05) is 0 Å². The second-order valence-corrected chi connectivity index (χ2v) is 6.06. The zero-order valence-corrected chi connectivity index (χ0v) is 13.0. The lowest BCUT2D eigenvalue weighted by atomic mass is 10.1. The maximum Gasteiger partial charge on any atom is 0.336 e. The summed E-state index contributed by atoms with van der Waals surface area (Å²) in [4.78, 5) is 11.8. The monoisotopic (exact) mass is 365 g/mol. The molecule has 0 spiro atoms. The van der Waals surface area contributed by atoms with Crippen molar-refractivity contribution in [3.8, 4) is 6.07 Å². The van der Waals surface area contributed by atoms with E-state index >= 15 is 0 Å². The third-order valence-corrected chi connectivity index (χ3v) is 4.48. The molecule has 0 bridgehead atoms. The Bertz CT molecular complexity index is 743. The summed E-state index contributed by atoms with van der Waals surface area (Å²) in [6.07, 6.45) is 0. The number of halogens is 2. The molecule has 0 fully saturated rings. The molecular formula is C15H9BrFNO2S. The molecule has 0 saturated heterocycles. The van der Waals surface area contributed by atoms with Crippen LogP contribution in [0, 0.1) is 17.1 Å². The molecule has 0 aliphatic heterocycles. The normalized spacial score (nSPS) is 10.1. The van der Waals surface area contributed by atoms with Crippen LogP contribution < -0.4 is 0 Å². The number of benzene rings is 2. The van der Waals surface area contributed by atoms with Crippen molar-refractivity contribution in [2.45, 2.75) is 10.6 Å². The molecular weight excluding hydrogens is 357 g/mol. The predicted octanol–water partition coefficient (Wildman–Crippen LogP) is 4.45. The van der Waals surface area contributed by atoms with Gasteiger partial charge >= 0.3 is 5.97 Å². The molecule has 0 saturated carbocycles. The van der Waals surface area contributed by atoms with Crippen molar-refractivity contribution in [3.63, 3.8) is 0 Å². The number of aromatic carboxylic acids is 1. The van der Waals surface area contributed by atoms with Crippen LogP contribution in [0.4, 0.5) is 4.39 Å². The Morgan fingerprint density at radius 1 is 1.33 bits per heavy atom. The molecule has 21 heavy (non-hydrogen) atoms. The zero-order chi connectivity index (χ0) is 15.4. The Morgan fingerprint density at radius 3 is 2.71 bits per heavy atom. The van der Waals surface area contributed by atoms with E-state index in [-0.39, 0.29) is 11.1 Å². The van der Waals surface area contributed by atoms with Crippen LogP contribution in [0.25, 0.3) is 0 Å². The second-order valence-electron chi connectivity index (χ2n) is 4.15. The van der Waals surface area contributed by atoms with Crippen molar-refractivity contribution in [2.24, 2.45) is 0 Å². The summed E-state index contributed by atoms with van der Waals surface area (Å²) in [7, 11) is 0. The first-order chi connectivity index (χ1) is 10.0. The summed E-state index contributed by atoms with van der Waals surface area (Å²) in [5.74, 6) is -1.09. The van der Waals surface area contributed by atoms with Crippen molar-refractivity contribution >= 4 is 33.7 Å². The van der Waals surface area contributed by atoms with Crippen molar-refractivity contribution in [3.05, 3.63) is 63.4 Å². The third kappa shape index (κ3) is 3.84. The molecule has 2 aromatic rings. The van der Waals surface area contributed by atoms with E-state index in [2.05, 4.69) is 15.9 Å². The summed E-state index contributed by atoms with van der Waals surface area (Å²) in [5, 5.41) is 17.7. The zero-order valence-electron chi connectivity index (χ0n) is 10.6. The van der Waals surface area contributed by atoms with E-state index < -0.39 is 11.8 Å². The van der Waals surface area contributed by atoms with E-state index in [9.17, 15) is 9.18 Å². The fourth-order valence-corrected chi connectivity index (χ4v) is 2.99. The molecule has 0 atom stereocenters. The van der Waals surface area contributed by atoms with Crippen LogP contribution in [-0.2, 0) is 5.75 Å². The first-order valence-electron chi connectivity index (χ1n) is 5.85. The van der Waals surface area contributed by atoms with Crippen LogP contribution >= 0.6 is 27.7 Å². The lowest BCUT2D eigenvalue weighted by molar-refractivity contribution is 0.0695. The van der Waals surface area contributed by atoms with Gasteiger partial charge in [0.1, 0.15) is 5.82 Å². The minimum Gasteiger partial charge on any atom is -0.478 e. The van der Waals surface area contributed by atoms with Gasteiger partial charge in [0.15, 0.2) is 0 Å². The SMILES string of the molecule is N#Cc1ccc(CSc2ccc(Br)c(C(=O)O)c2)c(F)c1. The molecule has 1 N–H and O–H groups in total. The van der Waals surface area contributed by atoms with Gasteiger partial charge in [-0.05, 0) is 51.8 Å². The van der Waals surface area contributed by atoms with Gasteiger partial charge in [0.2, 0.25) is 0 Å². The summed E-state index contributed by atoms with van der Waals surface area (Å²) >= 11 is 4.51. The molecule has 106 valence electrons. The van der Waals surface area contributed by atoms with Crippen LogP contribution in [0.15, 0.2) is 45.8 Å². The van der Waals surface area contributed by atoms with E-state index in [1.54, 1.807) is 30.3 Å². The second kappa shape index (κ2) is 6.74. The van der Waals surface area contributed by atoms with Crippen molar-refractivity contribution < 1.29 is 14.3 Å². The average molecular weight is 366 g/mol. The van der Waals surface area contributed by atoms with Gasteiger partial charge in [-0.1, -0.05) is 6.07 Å². The van der Waals surface area contributed by atoms with Crippen molar-refractivity contribution in [1.29, 1.82) is 5.26 Å². The summed E-state index contributed by atoms with van der Waals surface area (Å²) in [5.41, 5.74) is 0.914. The molecule has 0 unspecified atom stereocenters. The highest BCUT2D eigenvalue weighted by molar-refractivity contribution is 9.10. The molecule has 0 aromatic heterocycles. The fraction of sp³-hybridized carbons (Fsp3) is 0.0667. The van der Waals surface area contributed by atoms with Crippen LogP contribution in [-0.4, -0.2) is 11.1 Å². The number of nitrogens with zero attached hydrogens (tertiary/aromatic N) is 1. The molecule has 2 rings (SSSR count). The van der Waals surface area contributed by atoms with Crippen molar-refractivity contribution in [1.82, 2.24) is 0 Å². The molecule has 6 heteroatoms. The van der Waals surface area contributed by atoms with Gasteiger partial charge in [0.05, 0.1) is 17.2 Å². The number of thioether (sulfide) groups is 1. The topological polar surface area (TPSA) is 61.1 Å². The number of carbonyl (C=O) groups is 1. The number of hydrogen-bond donors (Lipinski definition) is 1. The van der Waals surface area contributed by atoms with Crippen LogP contribution in [0.5, 0.6) is 0 Å². The molecule has 0 amide bonds. The number of hydrogen-bond acceptors (Lipinski definition) is 3. The Morgan fingerprint density at radius 2 is 2.10 bits per heavy atom. The first kappa shape index (κ1) is 15.5. The van der Waals surface area contributed by atoms with Gasteiger partial charge in [-0.15, -0.1) is 11.8 Å². The highest BCUT2D eigenvalue weighted by Crippen LogP contribution is 2.28. The van der Waals surface area contributed by atoms with Gasteiger partial charge in [0.25, 0.3) is 0 Å². The van der Waals surface area contributed by atoms with Gasteiger partial charge in [-0.25, -0.2) is 9.18 Å². The number of carboxylic acid groups (broad SMARTS) is 1. The Labute approximate surface area is 133 Å². The fourth-order valence-electron chi connectivity index (χ4n) is 1.65. The lowest BCUT2D eigenvalue weighted by Crippen LogP contribution is -1.97. The lowest BCUT2D eigenvalue weighted by Gasteiger charge is -2.06. The summed E-state index contributed by atoms with van der Waals surface area (Å²) < 4.78 is 14.2. The number of rotatable bonds is 4. The van der Waals surface area contributed by atoms with Crippen LogP contribution in [0.1, 0.15) is 21.5 Å².